The zero-order valence-corrected chi connectivity index (χ0v) is 36.9. The number of allylic oxidation sites excluding steroid dienone is 6. The van der Waals surface area contributed by atoms with Gasteiger partial charge >= 0.3 is 0 Å². The molecule has 0 aromatic heterocycles. The molecular formula is C58H67BN2. The normalized spacial score (nSPS) is 16.0. The molecule has 0 unspecified atom stereocenters. The van der Waals surface area contributed by atoms with Crippen LogP contribution in [0.4, 0.5) is 11.4 Å². The Morgan fingerprint density at radius 1 is 0.607 bits per heavy atom. The van der Waals surface area contributed by atoms with Crippen molar-refractivity contribution in [2.75, 3.05) is 18.0 Å². The number of rotatable bonds is 14. The lowest BCUT2D eigenvalue weighted by Crippen LogP contribution is -2.29. The molecule has 6 aromatic rings. The van der Waals surface area contributed by atoms with E-state index in [0.717, 1.165) is 19.5 Å². The molecule has 0 saturated carbocycles. The number of hydrogen-bond donors (Lipinski definition) is 0. The van der Waals surface area contributed by atoms with Crippen LogP contribution in [0.15, 0.2) is 188 Å². The smallest absolute Gasteiger partial charge is 0.210 e. The maximum atomic E-state index is 2.56. The van der Waals surface area contributed by atoms with E-state index in [2.05, 4.69) is 233 Å². The van der Waals surface area contributed by atoms with Crippen molar-refractivity contribution in [3.05, 3.63) is 216 Å². The highest BCUT2D eigenvalue weighted by Gasteiger charge is 2.45. The van der Waals surface area contributed by atoms with Crippen LogP contribution in [0.5, 0.6) is 0 Å². The molecule has 61 heavy (non-hydrogen) atoms. The Morgan fingerprint density at radius 2 is 1.20 bits per heavy atom. The Bertz CT molecular complexity index is 2410. The summed E-state index contributed by atoms with van der Waals surface area (Å²) in [6, 6.07) is 55.4. The van der Waals surface area contributed by atoms with Gasteiger partial charge in [0.2, 0.25) is 5.69 Å². The first kappa shape index (κ1) is 43.4. The van der Waals surface area contributed by atoms with Crippen molar-refractivity contribution in [1.29, 1.82) is 0 Å². The van der Waals surface area contributed by atoms with Crippen LogP contribution in [0.2, 0.25) is 6.32 Å². The van der Waals surface area contributed by atoms with E-state index in [9.17, 15) is 0 Å². The summed E-state index contributed by atoms with van der Waals surface area (Å²) < 4.78 is 2.56. The number of unbranched alkanes of at least 4 members (excludes halogenated alkanes) is 1. The number of anilines is 1. The van der Waals surface area contributed by atoms with E-state index in [-0.39, 0.29) is 16.2 Å². The van der Waals surface area contributed by atoms with Gasteiger partial charge in [0.05, 0.1) is 5.41 Å². The molecule has 0 amide bonds. The summed E-state index contributed by atoms with van der Waals surface area (Å²) in [5, 5.41) is 2.70. The molecule has 2 heterocycles. The molecule has 0 N–H and O–H groups in total. The Balaban J connectivity index is 0.000000208. The first-order valence-corrected chi connectivity index (χ1v) is 22.3. The van der Waals surface area contributed by atoms with Gasteiger partial charge in [0.1, 0.15) is 6.54 Å². The van der Waals surface area contributed by atoms with E-state index in [0.29, 0.717) is 7.85 Å². The van der Waals surface area contributed by atoms with Crippen molar-refractivity contribution in [2.24, 2.45) is 0 Å². The van der Waals surface area contributed by atoms with Crippen LogP contribution >= 0.6 is 0 Å². The highest BCUT2D eigenvalue weighted by atomic mass is 15.2. The molecule has 0 atom stereocenters. The molecule has 0 spiro atoms. The predicted octanol–water partition coefficient (Wildman–Crippen LogP) is 13.8. The first-order chi connectivity index (χ1) is 29.7. The Kier molecular flexibility index (Phi) is 13.8. The van der Waals surface area contributed by atoms with Crippen LogP contribution in [0.1, 0.15) is 101 Å². The van der Waals surface area contributed by atoms with Crippen LogP contribution in [0.25, 0.3) is 10.8 Å². The molecule has 3 heteroatoms. The number of para-hydroxylation sites is 1. The topological polar surface area (TPSA) is 6.25 Å². The van der Waals surface area contributed by atoms with Gasteiger partial charge in [0, 0.05) is 52.9 Å². The van der Waals surface area contributed by atoms with Crippen molar-refractivity contribution in [1.82, 2.24) is 0 Å². The van der Waals surface area contributed by atoms with Crippen molar-refractivity contribution < 1.29 is 4.58 Å². The molecule has 8 rings (SSSR count). The maximum Gasteiger partial charge on any atom is 0.210 e. The molecule has 2 aliphatic heterocycles. The van der Waals surface area contributed by atoms with Gasteiger partial charge in [-0.25, -0.2) is 0 Å². The number of hydrogen-bond acceptors (Lipinski definition) is 1. The molecule has 0 radical (unpaired) electrons. The van der Waals surface area contributed by atoms with Crippen molar-refractivity contribution in [3.8, 4) is 0 Å². The van der Waals surface area contributed by atoms with E-state index in [1.807, 2.05) is 0 Å². The minimum absolute atomic E-state index is 0.00165. The minimum Gasteiger partial charge on any atom is -0.344 e. The lowest BCUT2D eigenvalue weighted by Gasteiger charge is -2.36. The fourth-order valence-corrected chi connectivity index (χ4v) is 9.92. The van der Waals surface area contributed by atoms with E-state index in [1.54, 1.807) is 0 Å². The second-order valence-corrected chi connectivity index (χ2v) is 17.4. The largest absolute Gasteiger partial charge is 0.344 e. The van der Waals surface area contributed by atoms with E-state index in [4.69, 9.17) is 0 Å². The number of nitrogens with zero attached hydrogens (tertiary/aromatic N) is 2. The molecule has 0 aliphatic carbocycles. The zero-order valence-electron chi connectivity index (χ0n) is 36.9. The number of fused-ring (bicyclic) bond motifs is 4. The van der Waals surface area contributed by atoms with Gasteiger partial charge < -0.3 is 4.90 Å². The summed E-state index contributed by atoms with van der Waals surface area (Å²) in [5.41, 5.74) is 12.5. The summed E-state index contributed by atoms with van der Waals surface area (Å²) >= 11 is 0. The van der Waals surface area contributed by atoms with Crippen molar-refractivity contribution in [2.45, 2.75) is 96.2 Å². The molecule has 6 aromatic carbocycles. The van der Waals surface area contributed by atoms with Gasteiger partial charge in [-0.15, -0.1) is 0 Å². The van der Waals surface area contributed by atoms with Crippen LogP contribution in [0.3, 0.4) is 0 Å². The van der Waals surface area contributed by atoms with Crippen molar-refractivity contribution >= 4 is 35.7 Å². The van der Waals surface area contributed by atoms with Gasteiger partial charge in [0.25, 0.3) is 0 Å². The standard InChI is InChI=1S/C36H43N2.C22H24B/c1-7-9-26-38-31-24-23-27-17-13-14-18-28(27)34(31)36(5,6)33(38)22-12-10-11-21-32-35(3,4)29-19-15-16-20-30(29)37(32)25-8-2;23-18-10-17-22(19-11-4-1-5-12-19,20-13-6-2-7-14-20)21-15-8-3-9-16-21/h10-24H,7-9,25-26H2,1-6H3;1-9,11-16H,10,17-18H2,23H3/q+1;-1. The molecule has 312 valence electrons. The van der Waals surface area contributed by atoms with Crippen molar-refractivity contribution in [3.63, 3.8) is 0 Å². The average Bonchev–Trinajstić information content (AvgIpc) is 3.65. The Labute approximate surface area is 368 Å². The quantitative estimate of drug-likeness (QED) is 0.0460. The number of benzene rings is 6. The fraction of sp³-hybridized carbons (Fsp3) is 0.293. The van der Waals surface area contributed by atoms with Crippen LogP contribution in [0, 0.1) is 0 Å². The van der Waals surface area contributed by atoms with E-state index >= 15 is 0 Å². The predicted molar refractivity (Wildman–Crippen MR) is 268 cm³/mol. The van der Waals surface area contributed by atoms with E-state index in [1.165, 1.54) is 93.4 Å². The van der Waals surface area contributed by atoms with Gasteiger partial charge in [-0.05, 0) is 85.8 Å². The van der Waals surface area contributed by atoms with Crippen LogP contribution < -0.4 is 4.90 Å². The van der Waals surface area contributed by atoms with Gasteiger partial charge in [-0.3, -0.25) is 0 Å². The fourth-order valence-electron chi connectivity index (χ4n) is 9.92. The zero-order chi connectivity index (χ0) is 42.9. The second-order valence-electron chi connectivity index (χ2n) is 17.4. The molecule has 0 bridgehead atoms. The SMILES string of the molecule is CCCC[N+]1=C(C=CC=CC=C2N(CCC)c3ccccc3C2(C)C)C(C)(C)c2c1ccc1ccccc21.[BH3-]CCCC(c1ccccc1)(c1ccccc1)c1ccccc1. The van der Waals surface area contributed by atoms with Gasteiger partial charge in [-0.1, -0.05) is 192 Å². The van der Waals surface area contributed by atoms with Crippen LogP contribution in [-0.2, 0) is 16.2 Å². The molecule has 0 saturated heterocycles. The maximum absolute atomic E-state index is 2.56. The van der Waals surface area contributed by atoms with Gasteiger partial charge in [0.15, 0.2) is 5.71 Å². The lowest BCUT2D eigenvalue weighted by atomic mass is 9.66. The van der Waals surface area contributed by atoms with Crippen LogP contribution in [-0.4, -0.2) is 31.2 Å². The Hall–Kier alpha value is -5.67. The highest BCUT2D eigenvalue weighted by Crippen LogP contribution is 2.48. The molecule has 2 nitrogen and oxygen atoms in total. The first-order valence-electron chi connectivity index (χ1n) is 22.3. The lowest BCUT2D eigenvalue weighted by molar-refractivity contribution is -0.438. The molecule has 0 fully saturated rings. The van der Waals surface area contributed by atoms with E-state index < -0.39 is 0 Å². The Morgan fingerprint density at radius 3 is 1.80 bits per heavy atom. The minimum atomic E-state index is -0.0558. The molecular weight excluding hydrogens is 735 g/mol. The summed E-state index contributed by atoms with van der Waals surface area (Å²) in [6.45, 7) is 16.1. The summed E-state index contributed by atoms with van der Waals surface area (Å²) in [7, 11) is 0.469. The summed E-state index contributed by atoms with van der Waals surface area (Å²) in [4.78, 5) is 2.51. The third-order valence-electron chi connectivity index (χ3n) is 12.8. The third kappa shape index (κ3) is 8.63. The average molecular weight is 803 g/mol. The second kappa shape index (κ2) is 19.4. The highest BCUT2D eigenvalue weighted by molar-refractivity contribution is 6.08. The summed E-state index contributed by atoms with van der Waals surface area (Å²) in [6.07, 6.45) is 18.8. The third-order valence-corrected chi connectivity index (χ3v) is 12.8. The monoisotopic (exact) mass is 803 g/mol. The van der Waals surface area contributed by atoms with Gasteiger partial charge in [-0.2, -0.15) is 10.9 Å². The molecule has 2 aliphatic rings. The summed E-state index contributed by atoms with van der Waals surface area (Å²) in [5.74, 6) is 0.